The van der Waals surface area contributed by atoms with Gasteiger partial charge in [0, 0.05) is 17.0 Å². The first-order valence-electron chi connectivity index (χ1n) is 6.30. The van der Waals surface area contributed by atoms with Crippen molar-refractivity contribution < 1.29 is 29.0 Å². The Kier molecular flexibility index (Phi) is 4.72. The number of methoxy groups -OCH3 is 1. The predicted octanol–water partition coefficient (Wildman–Crippen LogP) is 3.05. The van der Waals surface area contributed by atoms with Crippen molar-refractivity contribution in [2.45, 2.75) is 12.3 Å². The number of furan rings is 1. The van der Waals surface area contributed by atoms with Crippen LogP contribution in [0.25, 0.3) is 0 Å². The molecule has 0 amide bonds. The van der Waals surface area contributed by atoms with Crippen molar-refractivity contribution in [1.29, 1.82) is 0 Å². The fraction of sp³-hybridized carbons (Fsp3) is 0.200. The fourth-order valence-electron chi connectivity index (χ4n) is 2.11. The molecule has 0 saturated heterocycles. The van der Waals surface area contributed by atoms with Gasteiger partial charge in [-0.05, 0) is 30.3 Å². The van der Waals surface area contributed by atoms with E-state index in [9.17, 15) is 14.7 Å². The number of ether oxygens (including phenoxy) is 1. The average Bonchev–Trinajstić information content (AvgIpc) is 2.93. The minimum atomic E-state index is -1.21. The summed E-state index contributed by atoms with van der Waals surface area (Å²) in [6.07, 6.45) is -0.0146. The molecule has 116 valence electrons. The van der Waals surface area contributed by atoms with Gasteiger partial charge >= 0.3 is 11.9 Å². The van der Waals surface area contributed by atoms with Crippen molar-refractivity contribution in [3.63, 3.8) is 0 Å². The molecule has 1 atom stereocenters. The first-order chi connectivity index (χ1) is 10.4. The number of aliphatic carboxylic acids is 1. The Hall–Kier alpha value is -2.47. The van der Waals surface area contributed by atoms with Crippen LogP contribution < -0.4 is 4.74 Å². The molecule has 2 aromatic rings. The summed E-state index contributed by atoms with van der Waals surface area (Å²) in [5.74, 6) is -2.86. The predicted molar refractivity (Wildman–Crippen MR) is 77.8 cm³/mol. The van der Waals surface area contributed by atoms with Crippen LogP contribution in [0.3, 0.4) is 0 Å². The molecule has 1 heterocycles. The Morgan fingerprint density at radius 3 is 2.55 bits per heavy atom. The van der Waals surface area contributed by atoms with Gasteiger partial charge in [-0.15, -0.1) is 0 Å². The third-order valence-electron chi connectivity index (χ3n) is 3.14. The topological polar surface area (TPSA) is 97.0 Å². The zero-order chi connectivity index (χ0) is 16.3. The standard InChI is InChI=1S/C15H13ClO6/c1-21-12-4-2-8(16)6-10(12)11(14(17)18)7-9-3-5-13(22-9)15(19)20/h2-6,11H,7H2,1H3,(H,17,18)(H,19,20). The quantitative estimate of drug-likeness (QED) is 0.847. The molecule has 7 heteroatoms. The van der Waals surface area contributed by atoms with Crippen LogP contribution in [0.4, 0.5) is 0 Å². The van der Waals surface area contributed by atoms with E-state index in [1.165, 1.54) is 25.3 Å². The maximum atomic E-state index is 11.6. The molecule has 0 aliphatic carbocycles. The zero-order valence-electron chi connectivity index (χ0n) is 11.6. The Labute approximate surface area is 130 Å². The second kappa shape index (κ2) is 6.53. The van der Waals surface area contributed by atoms with E-state index < -0.39 is 17.9 Å². The maximum absolute atomic E-state index is 11.6. The number of carbonyl (C=O) groups is 2. The Morgan fingerprint density at radius 1 is 1.27 bits per heavy atom. The molecular formula is C15H13ClO6. The Morgan fingerprint density at radius 2 is 2.00 bits per heavy atom. The largest absolute Gasteiger partial charge is 0.496 e. The number of aromatic carboxylic acids is 1. The molecule has 1 aromatic heterocycles. The number of carboxylic acid groups (broad SMARTS) is 2. The lowest BCUT2D eigenvalue weighted by Crippen LogP contribution is -2.15. The van der Waals surface area contributed by atoms with E-state index in [1.54, 1.807) is 12.1 Å². The summed E-state index contributed by atoms with van der Waals surface area (Å²) in [6, 6.07) is 7.42. The van der Waals surface area contributed by atoms with Gasteiger partial charge in [-0.1, -0.05) is 11.6 Å². The van der Waals surface area contributed by atoms with Crippen molar-refractivity contribution in [1.82, 2.24) is 0 Å². The van der Waals surface area contributed by atoms with E-state index in [1.807, 2.05) is 0 Å². The molecule has 1 unspecified atom stereocenters. The summed E-state index contributed by atoms with van der Waals surface area (Å²) in [4.78, 5) is 22.4. The molecule has 22 heavy (non-hydrogen) atoms. The van der Waals surface area contributed by atoms with E-state index in [-0.39, 0.29) is 17.9 Å². The van der Waals surface area contributed by atoms with E-state index >= 15 is 0 Å². The Bertz CT molecular complexity index is 706. The molecule has 1 aromatic carbocycles. The minimum Gasteiger partial charge on any atom is -0.496 e. The van der Waals surface area contributed by atoms with Crippen LogP contribution in [0.1, 0.15) is 27.8 Å². The minimum absolute atomic E-state index is 0.0146. The van der Waals surface area contributed by atoms with Gasteiger partial charge in [-0.2, -0.15) is 0 Å². The molecule has 0 aliphatic rings. The number of hydrogen-bond acceptors (Lipinski definition) is 4. The summed E-state index contributed by atoms with van der Waals surface area (Å²) in [7, 11) is 1.43. The number of rotatable bonds is 6. The number of halogens is 1. The average molecular weight is 325 g/mol. The first kappa shape index (κ1) is 15.9. The number of benzene rings is 1. The van der Waals surface area contributed by atoms with Crippen LogP contribution >= 0.6 is 11.6 Å². The van der Waals surface area contributed by atoms with Crippen LogP contribution in [-0.4, -0.2) is 29.3 Å². The van der Waals surface area contributed by atoms with Crippen molar-refractivity contribution in [2.75, 3.05) is 7.11 Å². The summed E-state index contributed by atoms with van der Waals surface area (Å²) in [5.41, 5.74) is 0.399. The van der Waals surface area contributed by atoms with Gasteiger partial charge in [-0.25, -0.2) is 4.79 Å². The van der Waals surface area contributed by atoms with Crippen LogP contribution in [0, 0.1) is 0 Å². The van der Waals surface area contributed by atoms with Gasteiger partial charge in [0.15, 0.2) is 0 Å². The van der Waals surface area contributed by atoms with Crippen molar-refractivity contribution in [3.8, 4) is 5.75 Å². The molecule has 0 radical (unpaired) electrons. The highest BCUT2D eigenvalue weighted by Crippen LogP contribution is 2.32. The highest BCUT2D eigenvalue weighted by molar-refractivity contribution is 6.30. The van der Waals surface area contributed by atoms with E-state index in [0.29, 0.717) is 16.3 Å². The summed E-state index contributed by atoms with van der Waals surface area (Å²) in [6.45, 7) is 0. The molecule has 0 saturated carbocycles. The van der Waals surface area contributed by atoms with Gasteiger partial charge in [0.25, 0.3) is 0 Å². The van der Waals surface area contributed by atoms with Crippen molar-refractivity contribution >= 4 is 23.5 Å². The van der Waals surface area contributed by atoms with Crippen LogP contribution in [-0.2, 0) is 11.2 Å². The van der Waals surface area contributed by atoms with E-state index in [0.717, 1.165) is 0 Å². The number of hydrogen-bond donors (Lipinski definition) is 2. The lowest BCUT2D eigenvalue weighted by molar-refractivity contribution is -0.138. The fourth-order valence-corrected chi connectivity index (χ4v) is 2.29. The second-order valence-corrected chi connectivity index (χ2v) is 4.99. The second-order valence-electron chi connectivity index (χ2n) is 4.55. The smallest absolute Gasteiger partial charge is 0.371 e. The number of carboxylic acids is 2. The monoisotopic (exact) mass is 324 g/mol. The van der Waals surface area contributed by atoms with Gasteiger partial charge < -0.3 is 19.4 Å². The molecular weight excluding hydrogens is 312 g/mol. The van der Waals surface area contributed by atoms with Crippen LogP contribution in [0.5, 0.6) is 5.75 Å². The molecule has 2 rings (SSSR count). The maximum Gasteiger partial charge on any atom is 0.371 e. The molecule has 6 nitrogen and oxygen atoms in total. The van der Waals surface area contributed by atoms with Gasteiger partial charge in [0.1, 0.15) is 11.5 Å². The lowest BCUT2D eigenvalue weighted by Gasteiger charge is -2.15. The first-order valence-corrected chi connectivity index (χ1v) is 6.68. The molecule has 2 N–H and O–H groups in total. The third-order valence-corrected chi connectivity index (χ3v) is 3.38. The third kappa shape index (κ3) is 3.40. The van der Waals surface area contributed by atoms with Gasteiger partial charge in [0.05, 0.1) is 13.0 Å². The normalized spacial score (nSPS) is 11.9. The van der Waals surface area contributed by atoms with Crippen LogP contribution in [0.2, 0.25) is 5.02 Å². The highest BCUT2D eigenvalue weighted by atomic mass is 35.5. The SMILES string of the molecule is COc1ccc(Cl)cc1C(Cc1ccc(C(=O)O)o1)C(=O)O. The van der Waals surface area contributed by atoms with Crippen molar-refractivity contribution in [3.05, 3.63) is 52.4 Å². The Balaban J connectivity index is 2.36. The van der Waals surface area contributed by atoms with Crippen molar-refractivity contribution in [2.24, 2.45) is 0 Å². The summed E-state index contributed by atoms with van der Waals surface area (Å²) < 4.78 is 10.3. The highest BCUT2D eigenvalue weighted by Gasteiger charge is 2.26. The molecule has 0 fully saturated rings. The van der Waals surface area contributed by atoms with Gasteiger partial charge in [0.2, 0.25) is 5.76 Å². The molecule has 0 spiro atoms. The summed E-state index contributed by atoms with van der Waals surface area (Å²) >= 11 is 5.92. The van der Waals surface area contributed by atoms with Crippen LogP contribution in [0.15, 0.2) is 34.7 Å². The van der Waals surface area contributed by atoms with E-state index in [2.05, 4.69) is 0 Å². The van der Waals surface area contributed by atoms with Gasteiger partial charge in [-0.3, -0.25) is 4.79 Å². The molecule has 0 aliphatic heterocycles. The zero-order valence-corrected chi connectivity index (χ0v) is 12.3. The van der Waals surface area contributed by atoms with E-state index in [4.69, 9.17) is 25.9 Å². The molecule has 0 bridgehead atoms. The lowest BCUT2D eigenvalue weighted by atomic mass is 9.94. The summed E-state index contributed by atoms with van der Waals surface area (Å²) in [5, 5.41) is 18.7.